The van der Waals surface area contributed by atoms with Crippen molar-refractivity contribution in [1.29, 1.82) is 0 Å². The van der Waals surface area contributed by atoms with Gasteiger partial charge in [0.1, 0.15) is 12.4 Å². The van der Waals surface area contributed by atoms with E-state index in [9.17, 15) is 0 Å². The summed E-state index contributed by atoms with van der Waals surface area (Å²) in [4.78, 5) is 0. The molecule has 1 N–H and O–H groups in total. The summed E-state index contributed by atoms with van der Waals surface area (Å²) in [6.45, 7) is 4.83. The molecule has 0 bridgehead atoms. The summed E-state index contributed by atoms with van der Waals surface area (Å²) in [5.41, 5.74) is 2.56. The summed E-state index contributed by atoms with van der Waals surface area (Å²) in [5, 5.41) is 3.35. The molecule has 2 heteroatoms. The van der Waals surface area contributed by atoms with Gasteiger partial charge >= 0.3 is 0 Å². The molecular formula is C18H23NO. The molecule has 0 spiro atoms. The quantitative estimate of drug-likeness (QED) is 0.739. The molecular weight excluding hydrogens is 246 g/mol. The van der Waals surface area contributed by atoms with Crippen LogP contribution in [0.3, 0.4) is 0 Å². The summed E-state index contributed by atoms with van der Waals surface area (Å²) in [6, 6.07) is 18.8. The first-order valence-electron chi connectivity index (χ1n) is 7.35. The van der Waals surface area contributed by atoms with Crippen LogP contribution in [0, 0.1) is 0 Å². The molecule has 0 fully saturated rings. The van der Waals surface area contributed by atoms with Crippen molar-refractivity contribution in [2.45, 2.75) is 19.8 Å². The Morgan fingerprint density at radius 1 is 0.900 bits per heavy atom. The predicted octanol–water partition coefficient (Wildman–Crippen LogP) is 3.66. The number of benzene rings is 2. The minimum absolute atomic E-state index is 0.714. The Balaban J connectivity index is 1.92. The fourth-order valence-electron chi connectivity index (χ4n) is 2.14. The Bertz CT molecular complexity index is 496. The van der Waals surface area contributed by atoms with Gasteiger partial charge in [0, 0.05) is 13.0 Å². The van der Waals surface area contributed by atoms with Gasteiger partial charge in [-0.25, -0.2) is 0 Å². The third-order valence-corrected chi connectivity index (χ3v) is 3.17. The molecule has 2 nitrogen and oxygen atoms in total. The van der Waals surface area contributed by atoms with Crippen LogP contribution in [0.15, 0.2) is 54.6 Å². The first-order chi connectivity index (χ1) is 9.90. The summed E-state index contributed by atoms with van der Waals surface area (Å²) in [7, 11) is 0. The van der Waals surface area contributed by atoms with Gasteiger partial charge in [-0.3, -0.25) is 0 Å². The zero-order valence-corrected chi connectivity index (χ0v) is 12.1. The molecule has 0 atom stereocenters. The van der Waals surface area contributed by atoms with E-state index < -0.39 is 0 Å². The number of ether oxygens (including phenoxy) is 1. The van der Waals surface area contributed by atoms with Crippen LogP contribution in [0.2, 0.25) is 0 Å². The number of rotatable bonds is 8. The van der Waals surface area contributed by atoms with E-state index in [2.05, 4.69) is 54.7 Å². The molecule has 20 heavy (non-hydrogen) atoms. The first kappa shape index (κ1) is 14.6. The van der Waals surface area contributed by atoms with Crippen molar-refractivity contribution in [2.75, 3.05) is 19.7 Å². The number of hydrogen-bond donors (Lipinski definition) is 1. The Kier molecular flexibility index (Phi) is 6.12. The second-order valence-electron chi connectivity index (χ2n) is 4.87. The maximum atomic E-state index is 5.89. The average Bonchev–Trinajstić information content (AvgIpc) is 2.50. The van der Waals surface area contributed by atoms with E-state index in [-0.39, 0.29) is 0 Å². The van der Waals surface area contributed by atoms with E-state index in [0.717, 1.165) is 31.7 Å². The number of hydrogen-bond acceptors (Lipinski definition) is 2. The highest BCUT2D eigenvalue weighted by molar-refractivity contribution is 5.37. The van der Waals surface area contributed by atoms with Gasteiger partial charge in [0.05, 0.1) is 0 Å². The van der Waals surface area contributed by atoms with Crippen LogP contribution in [0.4, 0.5) is 0 Å². The maximum Gasteiger partial charge on any atom is 0.122 e. The predicted molar refractivity (Wildman–Crippen MR) is 84.3 cm³/mol. The normalized spacial score (nSPS) is 10.4. The van der Waals surface area contributed by atoms with E-state index in [0.29, 0.717) is 6.61 Å². The molecule has 0 aliphatic heterocycles. The maximum absolute atomic E-state index is 5.89. The van der Waals surface area contributed by atoms with E-state index in [1.165, 1.54) is 11.1 Å². The van der Waals surface area contributed by atoms with Crippen LogP contribution < -0.4 is 10.1 Å². The van der Waals surface area contributed by atoms with E-state index >= 15 is 0 Å². The molecule has 2 rings (SSSR count). The lowest BCUT2D eigenvalue weighted by atomic mass is 10.0. The van der Waals surface area contributed by atoms with Gasteiger partial charge in [-0.2, -0.15) is 0 Å². The van der Waals surface area contributed by atoms with Crippen LogP contribution in [-0.2, 0) is 6.42 Å². The molecule has 0 amide bonds. The molecule has 0 aliphatic rings. The van der Waals surface area contributed by atoms with Crippen molar-refractivity contribution in [3.05, 3.63) is 65.7 Å². The molecule has 0 aromatic heterocycles. The van der Waals surface area contributed by atoms with Crippen molar-refractivity contribution in [3.63, 3.8) is 0 Å². The smallest absolute Gasteiger partial charge is 0.122 e. The van der Waals surface area contributed by atoms with Crippen LogP contribution >= 0.6 is 0 Å². The summed E-state index contributed by atoms with van der Waals surface area (Å²) in [6.07, 6.45) is 2.07. The monoisotopic (exact) mass is 269 g/mol. The van der Waals surface area contributed by atoms with Crippen molar-refractivity contribution < 1.29 is 4.74 Å². The number of para-hydroxylation sites is 1. The van der Waals surface area contributed by atoms with E-state index in [4.69, 9.17) is 4.74 Å². The second kappa shape index (κ2) is 8.39. The fourth-order valence-corrected chi connectivity index (χ4v) is 2.14. The number of nitrogens with one attached hydrogen (secondary N) is 1. The molecule has 0 radical (unpaired) electrons. The van der Waals surface area contributed by atoms with E-state index in [1.807, 2.05) is 12.1 Å². The van der Waals surface area contributed by atoms with Crippen molar-refractivity contribution in [1.82, 2.24) is 5.32 Å². The van der Waals surface area contributed by atoms with Crippen molar-refractivity contribution >= 4 is 0 Å². The molecule has 0 aliphatic carbocycles. The highest BCUT2D eigenvalue weighted by Gasteiger charge is 2.03. The molecule has 2 aromatic rings. The van der Waals surface area contributed by atoms with Crippen molar-refractivity contribution in [3.8, 4) is 5.75 Å². The summed E-state index contributed by atoms with van der Waals surface area (Å²) >= 11 is 0. The van der Waals surface area contributed by atoms with E-state index in [1.54, 1.807) is 0 Å². The van der Waals surface area contributed by atoms with Gasteiger partial charge in [-0.1, -0.05) is 55.5 Å². The van der Waals surface area contributed by atoms with Crippen LogP contribution in [0.25, 0.3) is 0 Å². The zero-order chi connectivity index (χ0) is 14.0. The topological polar surface area (TPSA) is 21.3 Å². The lowest BCUT2D eigenvalue weighted by molar-refractivity contribution is 0.311. The molecule has 106 valence electrons. The van der Waals surface area contributed by atoms with Crippen LogP contribution in [-0.4, -0.2) is 19.7 Å². The Labute approximate surface area is 121 Å². The Morgan fingerprint density at radius 2 is 1.65 bits per heavy atom. The Morgan fingerprint density at radius 3 is 2.45 bits per heavy atom. The standard InChI is InChI=1S/C18H23NO/c1-2-12-19-13-14-20-18-11-7-6-10-17(18)15-16-8-4-3-5-9-16/h3-11,19H,2,12-15H2,1H3. The largest absolute Gasteiger partial charge is 0.492 e. The lowest BCUT2D eigenvalue weighted by Crippen LogP contribution is -2.21. The lowest BCUT2D eigenvalue weighted by Gasteiger charge is -2.12. The molecule has 0 saturated carbocycles. The highest BCUT2D eigenvalue weighted by Crippen LogP contribution is 2.21. The first-order valence-corrected chi connectivity index (χ1v) is 7.35. The minimum Gasteiger partial charge on any atom is -0.492 e. The van der Waals surface area contributed by atoms with Gasteiger partial charge in [-0.15, -0.1) is 0 Å². The third-order valence-electron chi connectivity index (χ3n) is 3.17. The molecule has 0 saturated heterocycles. The second-order valence-corrected chi connectivity index (χ2v) is 4.87. The SMILES string of the molecule is CCCNCCOc1ccccc1Cc1ccccc1. The molecule has 0 unspecified atom stereocenters. The van der Waals surface area contributed by atoms with Gasteiger partial charge in [0.2, 0.25) is 0 Å². The fraction of sp³-hybridized carbons (Fsp3) is 0.333. The highest BCUT2D eigenvalue weighted by atomic mass is 16.5. The van der Waals surface area contributed by atoms with Gasteiger partial charge < -0.3 is 10.1 Å². The Hall–Kier alpha value is -1.80. The van der Waals surface area contributed by atoms with Gasteiger partial charge in [-0.05, 0) is 30.2 Å². The average molecular weight is 269 g/mol. The minimum atomic E-state index is 0.714. The van der Waals surface area contributed by atoms with Gasteiger partial charge in [0.25, 0.3) is 0 Å². The van der Waals surface area contributed by atoms with Crippen molar-refractivity contribution in [2.24, 2.45) is 0 Å². The van der Waals surface area contributed by atoms with Crippen LogP contribution in [0.5, 0.6) is 5.75 Å². The summed E-state index contributed by atoms with van der Waals surface area (Å²) in [5.74, 6) is 0.995. The molecule has 2 aromatic carbocycles. The van der Waals surface area contributed by atoms with Crippen LogP contribution in [0.1, 0.15) is 24.5 Å². The zero-order valence-electron chi connectivity index (χ0n) is 12.1. The third kappa shape index (κ3) is 4.71. The molecule has 0 heterocycles. The summed E-state index contributed by atoms with van der Waals surface area (Å²) < 4.78 is 5.89. The van der Waals surface area contributed by atoms with Gasteiger partial charge in [0.15, 0.2) is 0 Å².